The fourth-order valence-electron chi connectivity index (χ4n) is 3.65. The number of alkyl halides is 2. The van der Waals surface area contributed by atoms with Gasteiger partial charge in [-0.2, -0.15) is 4.68 Å². The average Bonchev–Trinajstić information content (AvgIpc) is 3.50. The molecule has 0 fully saturated rings. The highest BCUT2D eigenvalue weighted by Crippen LogP contribution is 2.44. The lowest BCUT2D eigenvalue weighted by Crippen LogP contribution is -2.26. The summed E-state index contributed by atoms with van der Waals surface area (Å²) in [7, 11) is 0. The molecule has 4 heterocycles. The Balaban J connectivity index is 1.77. The Hall–Kier alpha value is -3.78. The number of primary amides is 1. The lowest BCUT2D eigenvalue weighted by Gasteiger charge is -2.13. The number of halogens is 2. The Bertz CT molecular complexity index is 1510. The van der Waals surface area contributed by atoms with Gasteiger partial charge in [0.1, 0.15) is 15.4 Å². The number of aryl methyl sites for hydroxylation is 2. The predicted molar refractivity (Wildman–Crippen MR) is 133 cm³/mol. The minimum Gasteiger partial charge on any atom is -0.365 e. The highest BCUT2D eigenvalue weighted by molar-refractivity contribution is 7.21. The van der Waals surface area contributed by atoms with Crippen molar-refractivity contribution < 1.29 is 23.3 Å². The number of hydrogen-bond acceptors (Lipinski definition) is 8. The molecule has 1 unspecified atom stereocenters. The molecule has 1 atom stereocenters. The second-order valence-electron chi connectivity index (χ2n) is 8.13. The van der Waals surface area contributed by atoms with E-state index in [1.54, 1.807) is 19.9 Å². The monoisotopic (exact) mass is 534 g/mol. The zero-order chi connectivity index (χ0) is 26.3. The lowest BCUT2D eigenvalue weighted by molar-refractivity contribution is -0.389. The van der Waals surface area contributed by atoms with Crippen molar-refractivity contribution in [3.8, 4) is 10.4 Å². The number of pyridine rings is 1. The molecule has 4 aromatic rings. The molecule has 0 aliphatic carbocycles. The van der Waals surface area contributed by atoms with Crippen molar-refractivity contribution in [2.45, 2.75) is 33.7 Å². The third-order valence-electron chi connectivity index (χ3n) is 5.43. The number of fused-ring (bicyclic) bond motifs is 1. The fourth-order valence-corrected chi connectivity index (χ4v) is 5.56. The van der Waals surface area contributed by atoms with E-state index in [1.165, 1.54) is 28.2 Å². The van der Waals surface area contributed by atoms with Crippen molar-refractivity contribution in [3.63, 3.8) is 0 Å². The normalized spacial score (nSPS) is 12.3. The van der Waals surface area contributed by atoms with Crippen molar-refractivity contribution in [3.05, 3.63) is 55.5 Å². The molecule has 4 aromatic heterocycles. The SMILES string of the molecule is Cc1ccc(-c2cc(C(F)F)nc3sc(C(N)=O)c(NC(=O)C(C)Cn4nc([N+](=O)[O-])cc4C)c23)s1. The number of thiophene rings is 2. The standard InChI is InChI=1S/C22H20F2N6O4S2/c1-9(8-29-10(2)6-15(28-29)30(33)34)21(32)27-17-16-12(14-5-4-11(3)35-14)7-13(19(23)24)26-22(16)36-18(17)20(25)31/h4-7,9,19H,8H2,1-3H3,(H2,25,31)(H,27,32). The first kappa shape index (κ1) is 25.3. The maximum atomic E-state index is 13.6. The van der Waals surface area contributed by atoms with Crippen LogP contribution in [0.3, 0.4) is 0 Å². The second kappa shape index (κ2) is 9.70. The first-order valence-electron chi connectivity index (χ1n) is 10.6. The third kappa shape index (κ3) is 4.81. The molecule has 4 rings (SSSR count). The fraction of sp³-hybridized carbons (Fsp3) is 0.273. The third-order valence-corrected chi connectivity index (χ3v) is 7.57. The Morgan fingerprint density at radius 3 is 2.53 bits per heavy atom. The number of nitrogens with one attached hydrogen (secondary N) is 1. The van der Waals surface area contributed by atoms with Gasteiger partial charge in [0, 0.05) is 20.7 Å². The highest BCUT2D eigenvalue weighted by atomic mass is 32.1. The highest BCUT2D eigenvalue weighted by Gasteiger charge is 2.27. The van der Waals surface area contributed by atoms with Crippen molar-refractivity contribution in [1.82, 2.24) is 14.8 Å². The van der Waals surface area contributed by atoms with Crippen LogP contribution in [0.1, 0.15) is 39.3 Å². The molecule has 0 spiro atoms. The Labute approximate surface area is 210 Å². The first-order valence-corrected chi connectivity index (χ1v) is 12.2. The summed E-state index contributed by atoms with van der Waals surface area (Å²) in [6.45, 7) is 5.13. The van der Waals surface area contributed by atoms with Crippen molar-refractivity contribution >= 4 is 56.2 Å². The number of hydrogen-bond donors (Lipinski definition) is 2. The van der Waals surface area contributed by atoms with Crippen LogP contribution in [0.2, 0.25) is 0 Å². The van der Waals surface area contributed by atoms with Crippen molar-refractivity contribution in [2.75, 3.05) is 5.32 Å². The number of rotatable bonds is 8. The smallest absolute Gasteiger partial charge is 0.365 e. The molecule has 0 bridgehead atoms. The Morgan fingerprint density at radius 2 is 1.97 bits per heavy atom. The summed E-state index contributed by atoms with van der Waals surface area (Å²) in [5, 5.41) is 18.0. The molecule has 10 nitrogen and oxygen atoms in total. The van der Waals surface area contributed by atoms with Crippen molar-refractivity contribution in [2.24, 2.45) is 11.7 Å². The molecule has 0 saturated heterocycles. The van der Waals surface area contributed by atoms with Crippen LogP contribution < -0.4 is 11.1 Å². The largest absolute Gasteiger partial charge is 0.390 e. The number of carbonyl (C=O) groups is 2. The minimum atomic E-state index is -2.84. The van der Waals surface area contributed by atoms with E-state index in [0.29, 0.717) is 21.5 Å². The van der Waals surface area contributed by atoms with Gasteiger partial charge < -0.3 is 21.2 Å². The molecular formula is C22H20F2N6O4S2. The van der Waals surface area contributed by atoms with Gasteiger partial charge in [0.2, 0.25) is 5.91 Å². The van der Waals surface area contributed by atoms with E-state index in [9.17, 15) is 28.5 Å². The number of nitrogens with zero attached hydrogens (tertiary/aromatic N) is 4. The molecule has 0 saturated carbocycles. The Kier molecular flexibility index (Phi) is 6.82. The summed E-state index contributed by atoms with van der Waals surface area (Å²) in [5.74, 6) is -2.41. The zero-order valence-electron chi connectivity index (χ0n) is 19.2. The average molecular weight is 535 g/mol. The van der Waals surface area contributed by atoms with E-state index in [4.69, 9.17) is 5.73 Å². The van der Waals surface area contributed by atoms with Gasteiger partial charge in [0.25, 0.3) is 12.3 Å². The van der Waals surface area contributed by atoms with E-state index in [2.05, 4.69) is 15.4 Å². The summed E-state index contributed by atoms with van der Waals surface area (Å²) >= 11 is 2.20. The van der Waals surface area contributed by atoms with Gasteiger partial charge in [-0.15, -0.1) is 22.7 Å². The van der Waals surface area contributed by atoms with Crippen LogP contribution in [-0.2, 0) is 11.3 Å². The van der Waals surface area contributed by atoms with E-state index in [0.717, 1.165) is 16.2 Å². The van der Waals surface area contributed by atoms with Crippen LogP contribution in [0, 0.1) is 29.9 Å². The quantitative estimate of drug-likeness (QED) is 0.239. The van der Waals surface area contributed by atoms with E-state index in [1.807, 2.05) is 13.0 Å². The molecule has 14 heteroatoms. The van der Waals surface area contributed by atoms with Gasteiger partial charge in [0.15, 0.2) is 0 Å². The molecule has 0 radical (unpaired) electrons. The van der Waals surface area contributed by atoms with Crippen LogP contribution in [-0.4, -0.2) is 31.5 Å². The van der Waals surface area contributed by atoms with Gasteiger partial charge in [-0.25, -0.2) is 13.8 Å². The van der Waals surface area contributed by atoms with Gasteiger partial charge >= 0.3 is 5.82 Å². The molecule has 3 N–H and O–H groups in total. The van der Waals surface area contributed by atoms with Crippen LogP contribution in [0.15, 0.2) is 24.3 Å². The van der Waals surface area contributed by atoms with E-state index < -0.39 is 34.8 Å². The van der Waals surface area contributed by atoms with Crippen LogP contribution in [0.5, 0.6) is 0 Å². The lowest BCUT2D eigenvalue weighted by atomic mass is 10.1. The van der Waals surface area contributed by atoms with Gasteiger partial charge in [-0.05, 0) is 37.0 Å². The summed E-state index contributed by atoms with van der Waals surface area (Å²) in [4.78, 5) is 41.5. The molecule has 0 aliphatic rings. The Morgan fingerprint density at radius 1 is 1.25 bits per heavy atom. The number of aromatic nitrogens is 3. The molecule has 2 amide bonds. The van der Waals surface area contributed by atoms with E-state index >= 15 is 0 Å². The molecular weight excluding hydrogens is 514 g/mol. The molecule has 0 aliphatic heterocycles. The second-order valence-corrected chi connectivity index (χ2v) is 10.4. The van der Waals surface area contributed by atoms with Gasteiger partial charge in [0.05, 0.1) is 35.0 Å². The van der Waals surface area contributed by atoms with Crippen molar-refractivity contribution in [1.29, 1.82) is 0 Å². The summed E-state index contributed by atoms with van der Waals surface area (Å²) in [5.41, 5.74) is 6.10. The number of anilines is 1. The maximum Gasteiger partial charge on any atom is 0.390 e. The summed E-state index contributed by atoms with van der Waals surface area (Å²) in [6, 6.07) is 6.15. The summed E-state index contributed by atoms with van der Waals surface area (Å²) in [6.07, 6.45) is -2.84. The minimum absolute atomic E-state index is 0.0232. The van der Waals surface area contributed by atoms with Gasteiger partial charge in [-0.1, -0.05) is 6.92 Å². The van der Waals surface area contributed by atoms with Gasteiger partial charge in [-0.3, -0.25) is 9.59 Å². The number of amides is 2. The summed E-state index contributed by atoms with van der Waals surface area (Å²) < 4.78 is 28.6. The first-order chi connectivity index (χ1) is 17.0. The number of nitrogens with two attached hydrogens (primary N) is 1. The predicted octanol–water partition coefficient (Wildman–Crippen LogP) is 5.06. The zero-order valence-corrected chi connectivity index (χ0v) is 20.9. The molecule has 36 heavy (non-hydrogen) atoms. The van der Waals surface area contributed by atoms with Crippen LogP contribution in [0.25, 0.3) is 20.7 Å². The van der Waals surface area contributed by atoms with E-state index in [-0.39, 0.29) is 27.8 Å². The molecule has 188 valence electrons. The number of carbonyl (C=O) groups excluding carboxylic acids is 2. The maximum absolute atomic E-state index is 13.6. The van der Waals surface area contributed by atoms with Crippen LogP contribution >= 0.6 is 22.7 Å². The topological polar surface area (TPSA) is 146 Å². The molecule has 0 aromatic carbocycles. The van der Waals surface area contributed by atoms with Crippen LogP contribution in [0.4, 0.5) is 20.3 Å². The number of nitro groups is 1.